The Morgan fingerprint density at radius 2 is 2.25 bits per heavy atom. The molecule has 2 atom stereocenters. The number of carboxylic acid groups (broad SMARTS) is 1. The molecule has 9 heteroatoms. The third-order valence-electron chi connectivity index (χ3n) is 4.28. The fraction of sp³-hybridized carbons (Fsp3) is 0.267. The number of fused-ring (bicyclic) bond motifs is 5. The molecule has 0 bridgehead atoms. The van der Waals surface area contributed by atoms with E-state index in [0.29, 0.717) is 26.2 Å². The fourth-order valence-corrected chi connectivity index (χ4v) is 6.02. The predicted molar refractivity (Wildman–Crippen MR) is 86.7 cm³/mol. The van der Waals surface area contributed by atoms with Gasteiger partial charge in [-0.15, -0.1) is 11.8 Å². The van der Waals surface area contributed by atoms with E-state index in [2.05, 4.69) is 4.98 Å². The number of carboxylic acids is 1. The van der Waals surface area contributed by atoms with Crippen LogP contribution >= 0.6 is 34.7 Å². The first-order chi connectivity index (χ1) is 11.4. The number of carbonyl (C=O) groups is 2. The summed E-state index contributed by atoms with van der Waals surface area (Å²) in [7, 11) is 0. The molecule has 1 aromatic carbocycles. The lowest BCUT2D eigenvalue weighted by molar-refractivity contribution is -0.308. The van der Waals surface area contributed by atoms with Gasteiger partial charge in [-0.05, 0) is 18.2 Å². The summed E-state index contributed by atoms with van der Waals surface area (Å²) in [5.41, 5.74) is -0.709. The van der Waals surface area contributed by atoms with Gasteiger partial charge >= 0.3 is 10.8 Å². The van der Waals surface area contributed by atoms with Crippen molar-refractivity contribution in [2.45, 2.75) is 17.4 Å². The minimum absolute atomic E-state index is 0.177. The van der Waals surface area contributed by atoms with Crippen LogP contribution in [0.15, 0.2) is 28.0 Å². The average molecular weight is 383 g/mol. The lowest BCUT2D eigenvalue weighted by Gasteiger charge is -2.44. The number of aromatic nitrogens is 1. The first-order valence-corrected chi connectivity index (χ1v) is 9.16. The van der Waals surface area contributed by atoms with Crippen molar-refractivity contribution in [3.63, 3.8) is 0 Å². The van der Waals surface area contributed by atoms with Gasteiger partial charge in [0, 0.05) is 39.5 Å². The second-order valence-corrected chi connectivity index (χ2v) is 8.14. The Morgan fingerprint density at radius 3 is 3.00 bits per heavy atom. The van der Waals surface area contributed by atoms with E-state index in [9.17, 15) is 19.5 Å². The summed E-state index contributed by atoms with van der Waals surface area (Å²) >= 11 is 8.31. The molecule has 0 amide bonds. The number of rotatable bonds is 2. The Labute approximate surface area is 148 Å². The number of hydrogen-bond donors (Lipinski definition) is 1. The van der Waals surface area contributed by atoms with Crippen LogP contribution in [0.2, 0.25) is 5.02 Å². The second-order valence-electron chi connectivity index (χ2n) is 5.71. The molecular formula is C15H9ClNO5S2-. The van der Waals surface area contributed by atoms with Crippen molar-refractivity contribution in [1.29, 1.82) is 0 Å². The molecule has 0 aliphatic carbocycles. The third kappa shape index (κ3) is 2.21. The first kappa shape index (κ1) is 15.7. The number of carbonyl (C=O) groups excluding carboxylic acids is 2. The van der Waals surface area contributed by atoms with E-state index in [1.165, 1.54) is 11.8 Å². The molecule has 0 radical (unpaired) electrons. The normalized spacial score (nSPS) is 24.5. The molecule has 4 rings (SSSR count). The highest BCUT2D eigenvalue weighted by atomic mass is 35.5. The van der Waals surface area contributed by atoms with E-state index in [0.717, 1.165) is 11.3 Å². The molecule has 1 N–H and O–H groups in total. The highest BCUT2D eigenvalue weighted by Gasteiger charge is 2.56. The molecule has 2 aliphatic heterocycles. The molecule has 2 aromatic rings. The van der Waals surface area contributed by atoms with E-state index < -0.39 is 29.7 Å². The highest BCUT2D eigenvalue weighted by Crippen LogP contribution is 2.58. The number of esters is 1. The molecule has 0 unspecified atom stereocenters. The summed E-state index contributed by atoms with van der Waals surface area (Å²) in [6, 6.07) is 4.83. The minimum Gasteiger partial charge on any atom is -0.550 e. The Kier molecular flexibility index (Phi) is 3.52. The average Bonchev–Trinajstić information content (AvgIpc) is 2.88. The van der Waals surface area contributed by atoms with Crippen LogP contribution < -0.4 is 14.7 Å². The number of hydrogen-bond acceptors (Lipinski definition) is 7. The molecule has 0 fully saturated rings. The van der Waals surface area contributed by atoms with E-state index in [1.54, 1.807) is 18.2 Å². The quantitative estimate of drug-likeness (QED) is 0.622. The zero-order valence-electron chi connectivity index (χ0n) is 12.0. The van der Waals surface area contributed by atoms with Gasteiger partial charge in [-0.25, -0.2) is 0 Å². The second kappa shape index (κ2) is 5.37. The van der Waals surface area contributed by atoms with Gasteiger partial charge < -0.3 is 19.6 Å². The van der Waals surface area contributed by atoms with Gasteiger partial charge in [-0.1, -0.05) is 22.9 Å². The molecule has 6 nitrogen and oxygen atoms in total. The zero-order chi connectivity index (χ0) is 17.1. The van der Waals surface area contributed by atoms with Gasteiger partial charge in [0.1, 0.15) is 5.75 Å². The van der Waals surface area contributed by atoms with E-state index in [-0.39, 0.29) is 10.6 Å². The Balaban J connectivity index is 2.01. The van der Waals surface area contributed by atoms with Crippen molar-refractivity contribution in [2.24, 2.45) is 5.41 Å². The summed E-state index contributed by atoms with van der Waals surface area (Å²) < 4.78 is 5.40. The van der Waals surface area contributed by atoms with Gasteiger partial charge in [0.15, 0.2) is 0 Å². The van der Waals surface area contributed by atoms with Crippen LogP contribution in [-0.2, 0) is 9.59 Å². The number of thioether (sulfide) groups is 1. The molecule has 24 heavy (non-hydrogen) atoms. The van der Waals surface area contributed by atoms with Gasteiger partial charge in [-0.3, -0.25) is 9.59 Å². The van der Waals surface area contributed by atoms with Crippen molar-refractivity contribution >= 4 is 46.6 Å². The molecule has 2 aliphatic rings. The summed E-state index contributed by atoms with van der Waals surface area (Å²) in [4.78, 5) is 39.0. The predicted octanol–water partition coefficient (Wildman–Crippen LogP) is 1.37. The first-order valence-electron chi connectivity index (χ1n) is 6.98. The van der Waals surface area contributed by atoms with Crippen LogP contribution in [0.3, 0.4) is 0 Å². The maximum Gasteiger partial charge on any atom is 0.319 e. The van der Waals surface area contributed by atoms with Crippen molar-refractivity contribution in [1.82, 2.24) is 4.98 Å². The van der Waals surface area contributed by atoms with Crippen molar-refractivity contribution < 1.29 is 19.4 Å². The van der Waals surface area contributed by atoms with Crippen LogP contribution in [0.4, 0.5) is 0 Å². The Hall–Kier alpha value is -1.77. The topological polar surface area (TPSA) is 99.3 Å². The van der Waals surface area contributed by atoms with Crippen LogP contribution in [0.25, 0.3) is 0 Å². The molecule has 3 heterocycles. The molecule has 124 valence electrons. The Morgan fingerprint density at radius 1 is 1.46 bits per heavy atom. The summed E-state index contributed by atoms with van der Waals surface area (Å²) in [6.45, 7) is 0. The number of benzene rings is 1. The zero-order valence-corrected chi connectivity index (χ0v) is 14.3. The van der Waals surface area contributed by atoms with Crippen LogP contribution in [0.1, 0.15) is 22.8 Å². The fourth-order valence-electron chi connectivity index (χ4n) is 3.30. The molecule has 0 saturated heterocycles. The van der Waals surface area contributed by atoms with Crippen LogP contribution in [-0.4, -0.2) is 22.7 Å². The van der Waals surface area contributed by atoms with E-state index in [4.69, 9.17) is 16.3 Å². The smallest absolute Gasteiger partial charge is 0.319 e. The summed E-state index contributed by atoms with van der Waals surface area (Å²) in [6.07, 6.45) is -0.485. The molecule has 0 saturated carbocycles. The lowest BCUT2D eigenvalue weighted by Crippen LogP contribution is -2.50. The highest BCUT2D eigenvalue weighted by molar-refractivity contribution is 7.99. The van der Waals surface area contributed by atoms with Crippen molar-refractivity contribution in [2.75, 3.05) is 5.75 Å². The Bertz CT molecular complexity index is 936. The maximum absolute atomic E-state index is 12.7. The summed E-state index contributed by atoms with van der Waals surface area (Å²) in [5.74, 6) is -2.05. The lowest BCUT2D eigenvalue weighted by atomic mass is 9.68. The van der Waals surface area contributed by atoms with E-state index >= 15 is 0 Å². The van der Waals surface area contributed by atoms with Gasteiger partial charge in [0.25, 0.3) is 0 Å². The SMILES string of the molecule is O=C([O-])C[C@@]12CSc3[nH]c(=O)sc3[C@@H]1c1cc(Cl)ccc1OC2=O. The van der Waals surface area contributed by atoms with Gasteiger partial charge in [0.05, 0.1) is 10.4 Å². The number of H-pyrrole nitrogens is 1. The number of aliphatic carboxylic acids is 1. The van der Waals surface area contributed by atoms with Gasteiger partial charge in [0.2, 0.25) is 0 Å². The number of halogens is 1. The van der Waals surface area contributed by atoms with E-state index in [1.807, 2.05) is 0 Å². The summed E-state index contributed by atoms with van der Waals surface area (Å²) in [5, 5.41) is 12.4. The van der Waals surface area contributed by atoms with Crippen molar-refractivity contribution in [3.05, 3.63) is 43.3 Å². The largest absolute Gasteiger partial charge is 0.550 e. The molecule has 0 spiro atoms. The number of ether oxygens (including phenoxy) is 1. The van der Waals surface area contributed by atoms with Crippen LogP contribution in [0.5, 0.6) is 5.75 Å². The number of nitrogens with one attached hydrogen (secondary N) is 1. The monoisotopic (exact) mass is 382 g/mol. The van der Waals surface area contributed by atoms with Gasteiger partial charge in [-0.2, -0.15) is 0 Å². The number of aromatic amines is 1. The maximum atomic E-state index is 12.7. The minimum atomic E-state index is -1.34. The molecule has 1 aromatic heterocycles. The number of thiazole rings is 1. The molecular weight excluding hydrogens is 374 g/mol. The van der Waals surface area contributed by atoms with Crippen molar-refractivity contribution in [3.8, 4) is 5.75 Å². The third-order valence-corrected chi connectivity index (χ3v) is 6.86. The van der Waals surface area contributed by atoms with Crippen LogP contribution in [0, 0.1) is 5.41 Å². The standard InChI is InChI=1S/C15H10ClNO5S2/c16-6-1-2-8-7(3-6)10-11-12(17-14(21)24-11)23-5-15(10,4-9(18)19)13(20)22-8/h1-3,10H,4-5H2,(H,17,21)(H,18,19)/p-1/t10-,15+/m0/s1.